The van der Waals surface area contributed by atoms with Crippen LogP contribution in [0.3, 0.4) is 0 Å². The lowest BCUT2D eigenvalue weighted by molar-refractivity contribution is 0.0672. The van der Waals surface area contributed by atoms with E-state index < -0.39 is 5.60 Å². The highest BCUT2D eigenvalue weighted by molar-refractivity contribution is 14.0. The highest BCUT2D eigenvalue weighted by Crippen LogP contribution is 2.24. The highest BCUT2D eigenvalue weighted by atomic mass is 127. The zero-order chi connectivity index (χ0) is 19.2. The van der Waals surface area contributed by atoms with Crippen molar-refractivity contribution in [3.63, 3.8) is 0 Å². The van der Waals surface area contributed by atoms with E-state index in [9.17, 15) is 5.11 Å². The molecule has 0 saturated heterocycles. The first-order valence-electron chi connectivity index (χ1n) is 8.50. The van der Waals surface area contributed by atoms with Crippen LogP contribution in [-0.4, -0.2) is 40.5 Å². The van der Waals surface area contributed by atoms with Crippen LogP contribution < -0.4 is 10.6 Å². The minimum absolute atomic E-state index is 0. The molecule has 3 N–H and O–H groups in total. The van der Waals surface area contributed by atoms with Crippen LogP contribution in [0.4, 0.5) is 0 Å². The number of aliphatic hydroxyl groups is 1. The molecule has 2 rings (SSSR count). The lowest BCUT2D eigenvalue weighted by atomic mass is 10.0. The Morgan fingerprint density at radius 2 is 1.96 bits per heavy atom. The standard InChI is InChI=1S/C18H25Cl2N5O.HI/c1-4-21-17(22-9-8-14-15(19)6-5-7-16(14)20)23-12-18(2,26)13-10-24-25(3)11-13;/h5-7,10-11,26H,4,8-9,12H2,1-3H3,(H2,21,22,23);1H. The summed E-state index contributed by atoms with van der Waals surface area (Å²) in [6, 6.07) is 5.48. The Morgan fingerprint density at radius 1 is 1.30 bits per heavy atom. The molecule has 150 valence electrons. The molecule has 1 aromatic carbocycles. The summed E-state index contributed by atoms with van der Waals surface area (Å²) in [6.07, 6.45) is 4.10. The zero-order valence-electron chi connectivity index (χ0n) is 15.7. The molecule has 1 unspecified atom stereocenters. The van der Waals surface area contributed by atoms with Crippen LogP contribution >= 0.6 is 47.2 Å². The van der Waals surface area contributed by atoms with Gasteiger partial charge in [-0.3, -0.25) is 4.68 Å². The van der Waals surface area contributed by atoms with Crippen LogP contribution in [0.25, 0.3) is 0 Å². The number of nitrogens with zero attached hydrogens (tertiary/aromatic N) is 3. The maximum absolute atomic E-state index is 10.6. The van der Waals surface area contributed by atoms with Crippen LogP contribution in [0.2, 0.25) is 10.0 Å². The van der Waals surface area contributed by atoms with Crippen molar-refractivity contribution in [2.45, 2.75) is 25.9 Å². The summed E-state index contributed by atoms with van der Waals surface area (Å²) in [7, 11) is 1.81. The maximum Gasteiger partial charge on any atom is 0.191 e. The van der Waals surface area contributed by atoms with E-state index in [0.29, 0.717) is 35.5 Å². The van der Waals surface area contributed by atoms with Gasteiger partial charge in [-0.2, -0.15) is 5.10 Å². The summed E-state index contributed by atoms with van der Waals surface area (Å²) < 4.78 is 1.66. The van der Waals surface area contributed by atoms with Crippen LogP contribution in [0.5, 0.6) is 0 Å². The van der Waals surface area contributed by atoms with Gasteiger partial charge in [0.15, 0.2) is 5.96 Å². The van der Waals surface area contributed by atoms with Crippen molar-refractivity contribution in [1.82, 2.24) is 20.4 Å². The first-order valence-corrected chi connectivity index (χ1v) is 9.25. The number of hydrogen-bond donors (Lipinski definition) is 3. The smallest absolute Gasteiger partial charge is 0.191 e. The van der Waals surface area contributed by atoms with Crippen molar-refractivity contribution in [1.29, 1.82) is 0 Å². The first kappa shape index (κ1) is 24.0. The van der Waals surface area contributed by atoms with E-state index >= 15 is 0 Å². The van der Waals surface area contributed by atoms with Gasteiger partial charge in [-0.1, -0.05) is 29.3 Å². The van der Waals surface area contributed by atoms with Crippen molar-refractivity contribution in [2.75, 3.05) is 19.6 Å². The molecular weight excluding hydrogens is 500 g/mol. The molecule has 1 heterocycles. The third kappa shape index (κ3) is 7.14. The minimum atomic E-state index is -1.09. The average Bonchev–Trinajstić information content (AvgIpc) is 3.03. The molecule has 0 spiro atoms. The molecule has 0 radical (unpaired) electrons. The number of rotatable bonds is 7. The van der Waals surface area contributed by atoms with E-state index in [1.807, 2.05) is 32.2 Å². The average molecular weight is 526 g/mol. The number of hydrogen-bond acceptors (Lipinski definition) is 3. The molecule has 1 atom stereocenters. The van der Waals surface area contributed by atoms with E-state index in [1.54, 1.807) is 24.0 Å². The SMILES string of the molecule is CCNC(=NCC(C)(O)c1cnn(C)c1)NCCc1c(Cl)cccc1Cl.I. The number of aryl methyl sites for hydroxylation is 1. The van der Waals surface area contributed by atoms with Gasteiger partial charge in [0.05, 0.1) is 12.7 Å². The summed E-state index contributed by atoms with van der Waals surface area (Å²) in [6.45, 7) is 5.25. The molecule has 9 heteroatoms. The molecule has 0 aliphatic rings. The van der Waals surface area contributed by atoms with Crippen LogP contribution in [0.1, 0.15) is 25.0 Å². The van der Waals surface area contributed by atoms with Crippen LogP contribution in [0.15, 0.2) is 35.6 Å². The van der Waals surface area contributed by atoms with Crippen molar-refractivity contribution in [2.24, 2.45) is 12.0 Å². The van der Waals surface area contributed by atoms with Gasteiger partial charge in [0.1, 0.15) is 5.60 Å². The van der Waals surface area contributed by atoms with Gasteiger partial charge in [-0.15, -0.1) is 24.0 Å². The Morgan fingerprint density at radius 3 is 2.52 bits per heavy atom. The Labute approximate surface area is 187 Å². The van der Waals surface area contributed by atoms with Gasteiger partial charge in [0, 0.05) is 41.9 Å². The largest absolute Gasteiger partial charge is 0.383 e. The lowest BCUT2D eigenvalue weighted by Crippen LogP contribution is -2.39. The summed E-state index contributed by atoms with van der Waals surface area (Å²) in [5.74, 6) is 0.625. The summed E-state index contributed by atoms with van der Waals surface area (Å²) in [5, 5.41) is 22.5. The third-order valence-electron chi connectivity index (χ3n) is 3.95. The minimum Gasteiger partial charge on any atom is -0.383 e. The topological polar surface area (TPSA) is 74.5 Å². The van der Waals surface area contributed by atoms with Gasteiger partial charge in [-0.05, 0) is 38.0 Å². The predicted molar refractivity (Wildman–Crippen MR) is 122 cm³/mol. The first-order chi connectivity index (χ1) is 12.3. The molecular formula is C18H26Cl2IN5O. The van der Waals surface area contributed by atoms with Crippen LogP contribution in [0, 0.1) is 0 Å². The molecule has 0 aliphatic heterocycles. The van der Waals surface area contributed by atoms with E-state index in [4.69, 9.17) is 23.2 Å². The molecule has 0 saturated carbocycles. The maximum atomic E-state index is 10.6. The fourth-order valence-electron chi connectivity index (χ4n) is 2.44. The van der Waals surface area contributed by atoms with Gasteiger partial charge in [-0.25, -0.2) is 4.99 Å². The Bertz CT molecular complexity index is 744. The molecule has 0 fully saturated rings. The van der Waals surface area contributed by atoms with Crippen molar-refractivity contribution >= 4 is 53.1 Å². The molecule has 1 aromatic heterocycles. The second-order valence-electron chi connectivity index (χ2n) is 6.25. The molecule has 27 heavy (non-hydrogen) atoms. The normalized spacial score (nSPS) is 13.6. The molecule has 0 aliphatic carbocycles. The number of aliphatic imine (C=N–C) groups is 1. The molecule has 0 amide bonds. The third-order valence-corrected chi connectivity index (χ3v) is 4.65. The Balaban J connectivity index is 0.00000364. The fourth-order valence-corrected chi connectivity index (χ4v) is 3.03. The Kier molecular flexibility index (Phi) is 9.86. The number of nitrogens with one attached hydrogen (secondary N) is 2. The van der Waals surface area contributed by atoms with Crippen molar-refractivity contribution < 1.29 is 5.11 Å². The highest BCUT2D eigenvalue weighted by Gasteiger charge is 2.24. The lowest BCUT2D eigenvalue weighted by Gasteiger charge is -2.20. The molecule has 0 bridgehead atoms. The van der Waals surface area contributed by atoms with E-state index in [1.165, 1.54) is 0 Å². The summed E-state index contributed by atoms with van der Waals surface area (Å²) >= 11 is 12.4. The van der Waals surface area contributed by atoms with E-state index in [2.05, 4.69) is 20.7 Å². The Hall–Kier alpha value is -1.03. The number of benzene rings is 1. The predicted octanol–water partition coefficient (Wildman–Crippen LogP) is 3.35. The van der Waals surface area contributed by atoms with E-state index in [-0.39, 0.29) is 30.5 Å². The monoisotopic (exact) mass is 525 g/mol. The van der Waals surface area contributed by atoms with Gasteiger partial charge < -0.3 is 15.7 Å². The molecule has 6 nitrogen and oxygen atoms in total. The molecule has 2 aromatic rings. The van der Waals surface area contributed by atoms with E-state index in [0.717, 1.165) is 11.1 Å². The van der Waals surface area contributed by atoms with Crippen molar-refractivity contribution in [3.8, 4) is 0 Å². The van der Waals surface area contributed by atoms with Crippen LogP contribution in [-0.2, 0) is 19.1 Å². The quantitative estimate of drug-likeness (QED) is 0.294. The van der Waals surface area contributed by atoms with Crippen molar-refractivity contribution in [3.05, 3.63) is 51.8 Å². The fraction of sp³-hybridized carbons (Fsp3) is 0.444. The van der Waals surface area contributed by atoms with Gasteiger partial charge >= 0.3 is 0 Å². The number of halogens is 3. The number of aromatic nitrogens is 2. The summed E-state index contributed by atoms with van der Waals surface area (Å²) in [4.78, 5) is 4.49. The van der Waals surface area contributed by atoms with Gasteiger partial charge in [0.25, 0.3) is 0 Å². The zero-order valence-corrected chi connectivity index (χ0v) is 19.5. The number of guanidine groups is 1. The summed E-state index contributed by atoms with van der Waals surface area (Å²) in [5.41, 5.74) is 0.534. The van der Waals surface area contributed by atoms with Gasteiger partial charge in [0.2, 0.25) is 0 Å². The second-order valence-corrected chi connectivity index (χ2v) is 7.06. The second kappa shape index (κ2) is 11.1.